The van der Waals surface area contributed by atoms with Crippen LogP contribution < -0.4 is 10.2 Å². The number of thiophene rings is 1. The maximum absolute atomic E-state index is 13.0. The number of anilines is 2. The van der Waals surface area contributed by atoms with Gasteiger partial charge in [0.2, 0.25) is 11.8 Å². The Morgan fingerprint density at radius 1 is 1.00 bits per heavy atom. The molecule has 2 amide bonds. The maximum atomic E-state index is 13.0. The van der Waals surface area contributed by atoms with E-state index in [0.29, 0.717) is 5.69 Å². The van der Waals surface area contributed by atoms with E-state index in [-0.39, 0.29) is 17.6 Å². The van der Waals surface area contributed by atoms with E-state index in [1.54, 1.807) is 49.5 Å². The van der Waals surface area contributed by atoms with Gasteiger partial charge in [-0.2, -0.15) is 0 Å². The van der Waals surface area contributed by atoms with E-state index in [1.807, 2.05) is 12.1 Å². The Hall–Kier alpha value is -3.25. The monoisotopic (exact) mass is 394 g/mol. The molecule has 6 heteroatoms. The summed E-state index contributed by atoms with van der Waals surface area (Å²) in [5.41, 5.74) is 2.34. The number of nitrogens with zero attached hydrogens (tertiary/aromatic N) is 1. The van der Waals surface area contributed by atoms with Gasteiger partial charge in [-0.15, -0.1) is 11.3 Å². The van der Waals surface area contributed by atoms with E-state index < -0.39 is 0 Å². The molecule has 1 N–H and O–H groups in total. The van der Waals surface area contributed by atoms with Crippen molar-refractivity contribution in [3.8, 4) is 10.4 Å². The van der Waals surface area contributed by atoms with E-state index in [2.05, 4.69) is 5.32 Å². The van der Waals surface area contributed by atoms with Crippen molar-refractivity contribution in [1.82, 2.24) is 0 Å². The molecule has 28 heavy (non-hydrogen) atoms. The molecule has 3 aromatic rings. The minimum atomic E-state index is -0.266. The number of benzene rings is 2. The summed E-state index contributed by atoms with van der Waals surface area (Å²) < 4.78 is 13.0. The van der Waals surface area contributed by atoms with Gasteiger partial charge in [-0.05, 0) is 60.2 Å². The molecule has 0 unspecified atom stereocenters. The summed E-state index contributed by atoms with van der Waals surface area (Å²) >= 11 is 1.52. The van der Waals surface area contributed by atoms with Gasteiger partial charge in [-0.25, -0.2) is 4.39 Å². The van der Waals surface area contributed by atoms with Crippen LogP contribution >= 0.6 is 11.3 Å². The fourth-order valence-electron chi connectivity index (χ4n) is 2.50. The fourth-order valence-corrected chi connectivity index (χ4v) is 3.42. The van der Waals surface area contributed by atoms with Crippen molar-refractivity contribution in [2.45, 2.75) is 6.92 Å². The zero-order valence-electron chi connectivity index (χ0n) is 15.5. The van der Waals surface area contributed by atoms with Crippen LogP contribution in [0.5, 0.6) is 0 Å². The van der Waals surface area contributed by atoms with E-state index in [1.165, 1.54) is 41.4 Å². The molecule has 0 bridgehead atoms. The predicted octanol–water partition coefficient (Wildman–Crippen LogP) is 5.19. The number of halogens is 1. The molecule has 3 rings (SSSR count). The molecule has 0 aliphatic heterocycles. The standard InChI is InChI=1S/C22H19FN2O2S/c1-15(26)25(2)19-9-7-18(8-10-19)24-22(27)14-12-20-11-13-21(28-20)16-3-5-17(23)6-4-16/h3-14H,1-2H3,(H,24,27)/b14-12+. The second-order valence-electron chi connectivity index (χ2n) is 6.16. The second kappa shape index (κ2) is 8.63. The van der Waals surface area contributed by atoms with Crippen molar-refractivity contribution in [1.29, 1.82) is 0 Å². The van der Waals surface area contributed by atoms with Gasteiger partial charge in [0.05, 0.1) is 0 Å². The average molecular weight is 394 g/mol. The Morgan fingerprint density at radius 2 is 1.68 bits per heavy atom. The Kier molecular flexibility index (Phi) is 6.01. The minimum absolute atomic E-state index is 0.0596. The predicted molar refractivity (Wildman–Crippen MR) is 113 cm³/mol. The van der Waals surface area contributed by atoms with Gasteiger partial charge in [-0.1, -0.05) is 12.1 Å². The third kappa shape index (κ3) is 4.92. The maximum Gasteiger partial charge on any atom is 0.248 e. The molecule has 0 saturated carbocycles. The summed E-state index contributed by atoms with van der Waals surface area (Å²) in [5.74, 6) is -0.571. The van der Waals surface area contributed by atoms with Gasteiger partial charge >= 0.3 is 0 Å². The van der Waals surface area contributed by atoms with Crippen LogP contribution in [-0.2, 0) is 9.59 Å². The summed E-state index contributed by atoms with van der Waals surface area (Å²) in [4.78, 5) is 27.0. The lowest BCUT2D eigenvalue weighted by Gasteiger charge is -2.15. The van der Waals surface area contributed by atoms with Crippen molar-refractivity contribution < 1.29 is 14.0 Å². The average Bonchev–Trinajstić information content (AvgIpc) is 3.16. The number of hydrogen-bond donors (Lipinski definition) is 1. The normalized spacial score (nSPS) is 10.8. The van der Waals surface area contributed by atoms with Crippen molar-refractivity contribution in [3.63, 3.8) is 0 Å². The summed E-state index contributed by atoms with van der Waals surface area (Å²) in [5, 5.41) is 2.79. The van der Waals surface area contributed by atoms with Crippen LogP contribution in [0, 0.1) is 5.82 Å². The number of rotatable bonds is 5. The number of amides is 2. The molecule has 1 heterocycles. The lowest BCUT2D eigenvalue weighted by atomic mass is 10.2. The first-order valence-corrected chi connectivity index (χ1v) is 9.43. The third-order valence-electron chi connectivity index (χ3n) is 4.15. The topological polar surface area (TPSA) is 49.4 Å². The fraction of sp³-hybridized carbons (Fsp3) is 0.0909. The molecule has 4 nitrogen and oxygen atoms in total. The molecule has 0 aliphatic rings. The van der Waals surface area contributed by atoms with Gasteiger partial charge in [0.15, 0.2) is 0 Å². The lowest BCUT2D eigenvalue weighted by molar-refractivity contribution is -0.116. The summed E-state index contributed by atoms with van der Waals surface area (Å²) in [6.07, 6.45) is 3.21. The summed E-state index contributed by atoms with van der Waals surface area (Å²) in [6, 6.07) is 17.2. The highest BCUT2D eigenvalue weighted by Crippen LogP contribution is 2.29. The molecule has 0 aliphatic carbocycles. The molecule has 0 radical (unpaired) electrons. The first-order chi connectivity index (χ1) is 13.4. The van der Waals surface area contributed by atoms with Crippen LogP contribution in [0.2, 0.25) is 0 Å². The molecule has 142 valence electrons. The molecular weight excluding hydrogens is 375 g/mol. The number of carbonyl (C=O) groups is 2. The van der Waals surface area contributed by atoms with Crippen molar-refractivity contribution in [2.24, 2.45) is 0 Å². The van der Waals surface area contributed by atoms with Crippen LogP contribution in [0.4, 0.5) is 15.8 Å². The zero-order valence-corrected chi connectivity index (χ0v) is 16.3. The van der Waals surface area contributed by atoms with Crippen LogP contribution in [0.15, 0.2) is 66.7 Å². The second-order valence-corrected chi connectivity index (χ2v) is 7.27. The van der Waals surface area contributed by atoms with Crippen LogP contribution in [0.3, 0.4) is 0 Å². The number of carbonyl (C=O) groups excluding carboxylic acids is 2. The van der Waals surface area contributed by atoms with E-state index in [4.69, 9.17) is 0 Å². The van der Waals surface area contributed by atoms with Gasteiger partial charge in [0.1, 0.15) is 5.82 Å². The van der Waals surface area contributed by atoms with E-state index >= 15 is 0 Å². The summed E-state index contributed by atoms with van der Waals surface area (Å²) in [6.45, 7) is 1.49. The molecular formula is C22H19FN2O2S. The highest BCUT2D eigenvalue weighted by atomic mass is 32.1. The Labute approximate surface area is 166 Å². The summed E-state index contributed by atoms with van der Waals surface area (Å²) in [7, 11) is 1.69. The quantitative estimate of drug-likeness (QED) is 0.606. The first kappa shape index (κ1) is 19.5. The third-order valence-corrected chi connectivity index (χ3v) is 5.25. The molecule has 2 aromatic carbocycles. The lowest BCUT2D eigenvalue weighted by Crippen LogP contribution is -2.22. The Morgan fingerprint density at radius 3 is 2.32 bits per heavy atom. The van der Waals surface area contributed by atoms with Crippen LogP contribution in [0.1, 0.15) is 11.8 Å². The number of hydrogen-bond acceptors (Lipinski definition) is 3. The van der Waals surface area contributed by atoms with Gasteiger partial charge in [0.25, 0.3) is 0 Å². The van der Waals surface area contributed by atoms with E-state index in [9.17, 15) is 14.0 Å². The minimum Gasteiger partial charge on any atom is -0.323 e. The largest absolute Gasteiger partial charge is 0.323 e. The van der Waals surface area contributed by atoms with Crippen molar-refractivity contribution >= 4 is 40.6 Å². The molecule has 0 atom stereocenters. The zero-order chi connectivity index (χ0) is 20.1. The molecule has 0 fully saturated rings. The number of nitrogens with one attached hydrogen (secondary N) is 1. The molecule has 0 spiro atoms. The van der Waals surface area contributed by atoms with Crippen molar-refractivity contribution in [2.75, 3.05) is 17.3 Å². The first-order valence-electron chi connectivity index (χ1n) is 8.61. The highest BCUT2D eigenvalue weighted by Gasteiger charge is 2.06. The smallest absolute Gasteiger partial charge is 0.248 e. The Balaban J connectivity index is 1.61. The van der Waals surface area contributed by atoms with Crippen LogP contribution in [-0.4, -0.2) is 18.9 Å². The van der Waals surface area contributed by atoms with Gasteiger partial charge in [-0.3, -0.25) is 9.59 Å². The van der Waals surface area contributed by atoms with Gasteiger partial charge < -0.3 is 10.2 Å². The molecule has 1 aromatic heterocycles. The van der Waals surface area contributed by atoms with E-state index in [0.717, 1.165) is 21.0 Å². The molecule has 0 saturated heterocycles. The highest BCUT2D eigenvalue weighted by molar-refractivity contribution is 7.16. The van der Waals surface area contributed by atoms with Crippen LogP contribution in [0.25, 0.3) is 16.5 Å². The SMILES string of the molecule is CC(=O)N(C)c1ccc(NC(=O)/C=C/c2ccc(-c3ccc(F)cc3)s2)cc1. The van der Waals surface area contributed by atoms with Gasteiger partial charge in [0, 0.05) is 41.2 Å². The van der Waals surface area contributed by atoms with Crippen molar-refractivity contribution in [3.05, 3.63) is 77.4 Å². The Bertz CT molecular complexity index is 1010.